The second kappa shape index (κ2) is 4.03. The molecule has 0 heterocycles. The van der Waals surface area contributed by atoms with Gasteiger partial charge in [0.2, 0.25) is 0 Å². The fourth-order valence-electron chi connectivity index (χ4n) is 1.87. The molecule has 1 aliphatic carbocycles. The van der Waals surface area contributed by atoms with Crippen molar-refractivity contribution in [3.63, 3.8) is 0 Å². The number of aliphatic hydroxyl groups is 1. The number of halogens is 1. The Labute approximate surface area is 93.3 Å². The molecule has 1 fully saturated rings. The summed E-state index contributed by atoms with van der Waals surface area (Å²) in [4.78, 5) is 0. The molecular formula is C12H15BrO. The van der Waals surface area contributed by atoms with Gasteiger partial charge in [-0.1, -0.05) is 35.0 Å². The minimum Gasteiger partial charge on any atom is -0.388 e. The molecule has 76 valence electrons. The lowest BCUT2D eigenvalue weighted by Crippen LogP contribution is -2.10. The van der Waals surface area contributed by atoms with Crippen LogP contribution in [0.15, 0.2) is 28.7 Å². The Balaban J connectivity index is 2.13. The van der Waals surface area contributed by atoms with Gasteiger partial charge in [0, 0.05) is 4.47 Å². The summed E-state index contributed by atoms with van der Waals surface area (Å²) in [6.45, 7) is 2.14. The van der Waals surface area contributed by atoms with E-state index in [9.17, 15) is 5.11 Å². The molecule has 1 aliphatic rings. The van der Waals surface area contributed by atoms with E-state index in [-0.39, 0.29) is 6.10 Å². The summed E-state index contributed by atoms with van der Waals surface area (Å²) in [5.74, 6) is 1.13. The second-order valence-corrected chi connectivity index (χ2v) is 5.11. The summed E-state index contributed by atoms with van der Waals surface area (Å²) >= 11 is 3.42. The zero-order valence-corrected chi connectivity index (χ0v) is 9.87. The molecule has 14 heavy (non-hydrogen) atoms. The lowest BCUT2D eigenvalue weighted by atomic mass is 9.93. The van der Waals surface area contributed by atoms with Crippen LogP contribution in [-0.2, 0) is 0 Å². The summed E-state index contributed by atoms with van der Waals surface area (Å²) in [5.41, 5.74) is 1.03. The summed E-state index contributed by atoms with van der Waals surface area (Å²) < 4.78 is 1.04. The zero-order valence-electron chi connectivity index (χ0n) is 8.28. The first-order valence-electron chi connectivity index (χ1n) is 5.12. The van der Waals surface area contributed by atoms with Crippen LogP contribution in [0.5, 0.6) is 0 Å². The summed E-state index contributed by atoms with van der Waals surface area (Å²) in [6, 6.07) is 7.96. The van der Waals surface area contributed by atoms with E-state index in [1.54, 1.807) is 0 Å². The molecule has 0 aliphatic heterocycles. The van der Waals surface area contributed by atoms with Crippen molar-refractivity contribution in [2.75, 3.05) is 0 Å². The maximum absolute atomic E-state index is 10.1. The molecule has 1 saturated carbocycles. The summed E-state index contributed by atoms with van der Waals surface area (Å²) in [6.07, 6.45) is 2.26. The van der Waals surface area contributed by atoms with E-state index in [1.165, 1.54) is 12.8 Å². The minimum absolute atomic E-state index is 0.306. The van der Waals surface area contributed by atoms with Gasteiger partial charge in [-0.15, -0.1) is 0 Å². The smallest absolute Gasteiger partial charge is 0.0818 e. The van der Waals surface area contributed by atoms with E-state index in [1.807, 2.05) is 24.3 Å². The van der Waals surface area contributed by atoms with E-state index in [2.05, 4.69) is 22.9 Å². The van der Waals surface area contributed by atoms with Crippen molar-refractivity contribution < 1.29 is 5.11 Å². The highest BCUT2D eigenvalue weighted by molar-refractivity contribution is 9.10. The molecule has 2 rings (SSSR count). The van der Waals surface area contributed by atoms with Crippen molar-refractivity contribution in [2.24, 2.45) is 11.8 Å². The Bertz CT molecular complexity index is 320. The van der Waals surface area contributed by atoms with Crippen molar-refractivity contribution in [2.45, 2.75) is 25.9 Å². The van der Waals surface area contributed by atoms with Gasteiger partial charge < -0.3 is 5.11 Å². The molecule has 0 saturated heterocycles. The van der Waals surface area contributed by atoms with E-state index >= 15 is 0 Å². The first-order chi connectivity index (χ1) is 6.68. The Kier molecular flexibility index (Phi) is 2.93. The van der Waals surface area contributed by atoms with Gasteiger partial charge in [-0.3, -0.25) is 0 Å². The number of hydrogen-bond donors (Lipinski definition) is 1. The van der Waals surface area contributed by atoms with Crippen LogP contribution in [0.2, 0.25) is 0 Å². The Hall–Kier alpha value is -0.340. The number of benzene rings is 1. The molecule has 0 aromatic heterocycles. The average molecular weight is 255 g/mol. The van der Waals surface area contributed by atoms with Crippen molar-refractivity contribution in [3.05, 3.63) is 34.3 Å². The molecule has 1 aromatic carbocycles. The standard InChI is InChI=1S/C12H15BrO/c1-8(9-5-6-9)12(14)10-3-2-4-11(13)7-10/h2-4,7-9,12,14H,5-6H2,1H3. The van der Waals surface area contributed by atoms with Crippen molar-refractivity contribution in [1.82, 2.24) is 0 Å². The van der Waals surface area contributed by atoms with Gasteiger partial charge in [0.15, 0.2) is 0 Å². The summed E-state index contributed by atoms with van der Waals surface area (Å²) in [5, 5.41) is 10.1. The number of hydrogen-bond acceptors (Lipinski definition) is 1. The fraction of sp³-hybridized carbons (Fsp3) is 0.500. The number of rotatable bonds is 3. The molecule has 0 bridgehead atoms. The van der Waals surface area contributed by atoms with Crippen LogP contribution in [0, 0.1) is 11.8 Å². The van der Waals surface area contributed by atoms with Crippen molar-refractivity contribution >= 4 is 15.9 Å². The van der Waals surface area contributed by atoms with Gasteiger partial charge >= 0.3 is 0 Å². The van der Waals surface area contributed by atoms with Crippen LogP contribution < -0.4 is 0 Å². The van der Waals surface area contributed by atoms with E-state index < -0.39 is 0 Å². The largest absolute Gasteiger partial charge is 0.388 e. The normalized spacial score (nSPS) is 20.5. The quantitative estimate of drug-likeness (QED) is 0.876. The van der Waals surface area contributed by atoms with Crippen LogP contribution in [-0.4, -0.2) is 5.11 Å². The first-order valence-corrected chi connectivity index (χ1v) is 5.91. The van der Waals surface area contributed by atoms with Crippen LogP contribution in [0.3, 0.4) is 0 Å². The SMILES string of the molecule is CC(C1CC1)C(O)c1cccc(Br)c1. The highest BCUT2D eigenvalue weighted by atomic mass is 79.9. The second-order valence-electron chi connectivity index (χ2n) is 4.20. The Morgan fingerprint density at radius 2 is 2.14 bits per heavy atom. The molecule has 0 radical (unpaired) electrons. The van der Waals surface area contributed by atoms with Gasteiger partial charge in [-0.25, -0.2) is 0 Å². The first kappa shape index (κ1) is 10.2. The lowest BCUT2D eigenvalue weighted by Gasteiger charge is -2.18. The highest BCUT2D eigenvalue weighted by Crippen LogP contribution is 2.42. The minimum atomic E-state index is -0.306. The molecule has 0 amide bonds. The zero-order chi connectivity index (χ0) is 10.1. The lowest BCUT2D eigenvalue weighted by molar-refractivity contribution is 0.106. The van der Waals surface area contributed by atoms with Gasteiger partial charge in [-0.05, 0) is 42.4 Å². The van der Waals surface area contributed by atoms with Crippen molar-refractivity contribution in [3.8, 4) is 0 Å². The molecule has 1 N–H and O–H groups in total. The van der Waals surface area contributed by atoms with E-state index in [0.29, 0.717) is 5.92 Å². The Morgan fingerprint density at radius 3 is 2.71 bits per heavy atom. The van der Waals surface area contributed by atoms with Gasteiger partial charge in [-0.2, -0.15) is 0 Å². The fourth-order valence-corrected chi connectivity index (χ4v) is 2.29. The molecule has 2 heteroatoms. The predicted molar refractivity (Wildman–Crippen MR) is 61.0 cm³/mol. The average Bonchev–Trinajstić information content (AvgIpc) is 2.99. The maximum atomic E-state index is 10.1. The topological polar surface area (TPSA) is 20.2 Å². The van der Waals surface area contributed by atoms with Gasteiger partial charge in [0.25, 0.3) is 0 Å². The van der Waals surface area contributed by atoms with Crippen LogP contribution >= 0.6 is 15.9 Å². The van der Waals surface area contributed by atoms with Crippen molar-refractivity contribution in [1.29, 1.82) is 0 Å². The third kappa shape index (κ3) is 2.18. The molecule has 2 atom stereocenters. The monoisotopic (exact) mass is 254 g/mol. The molecule has 1 nitrogen and oxygen atoms in total. The van der Waals surface area contributed by atoms with E-state index in [0.717, 1.165) is 16.0 Å². The van der Waals surface area contributed by atoms with Crippen LogP contribution in [0.1, 0.15) is 31.4 Å². The summed E-state index contributed by atoms with van der Waals surface area (Å²) in [7, 11) is 0. The van der Waals surface area contributed by atoms with Crippen LogP contribution in [0.4, 0.5) is 0 Å². The van der Waals surface area contributed by atoms with E-state index in [4.69, 9.17) is 0 Å². The third-order valence-corrected chi connectivity index (χ3v) is 3.55. The maximum Gasteiger partial charge on any atom is 0.0818 e. The number of aliphatic hydroxyl groups excluding tert-OH is 1. The molecule has 0 spiro atoms. The molecule has 2 unspecified atom stereocenters. The molecular weight excluding hydrogens is 240 g/mol. The third-order valence-electron chi connectivity index (χ3n) is 3.05. The predicted octanol–water partition coefficient (Wildman–Crippen LogP) is 3.53. The Morgan fingerprint density at radius 1 is 1.43 bits per heavy atom. The van der Waals surface area contributed by atoms with Gasteiger partial charge in [0.05, 0.1) is 6.10 Å². The van der Waals surface area contributed by atoms with Gasteiger partial charge in [0.1, 0.15) is 0 Å². The highest BCUT2D eigenvalue weighted by Gasteiger charge is 2.32. The van der Waals surface area contributed by atoms with Crippen LogP contribution in [0.25, 0.3) is 0 Å². The molecule has 1 aromatic rings.